The molecule has 0 radical (unpaired) electrons. The lowest BCUT2D eigenvalue weighted by Crippen LogP contribution is -2.54. The number of rotatable bonds is 4. The molecule has 1 rings (SSSR count). The quantitative estimate of drug-likeness (QED) is 0.811. The number of aliphatic carboxylic acids is 1. The number of amides is 2. The van der Waals surface area contributed by atoms with E-state index in [9.17, 15) is 32.7 Å². The number of carbonyl (C=O) groups is 3. The van der Waals surface area contributed by atoms with Crippen LogP contribution in [0.3, 0.4) is 0 Å². The van der Waals surface area contributed by atoms with Gasteiger partial charge in [-0.2, -0.15) is 13.2 Å². The Kier molecular flexibility index (Phi) is 5.65. The van der Waals surface area contributed by atoms with Crippen LogP contribution in [0, 0.1) is 11.3 Å². The van der Waals surface area contributed by atoms with Crippen LogP contribution in [0.1, 0.15) is 33.1 Å². The molecule has 0 saturated carbocycles. The van der Waals surface area contributed by atoms with Gasteiger partial charge in [0.05, 0.1) is 11.3 Å². The molecule has 0 aromatic heterocycles. The van der Waals surface area contributed by atoms with E-state index >= 15 is 0 Å². The van der Waals surface area contributed by atoms with Crippen LogP contribution in [0.5, 0.6) is 0 Å². The standard InChI is InChI=1S/C14H21F3N2O4/c1-13(2,14(15,16)17)6-10(20)19-7-8(11(21)18-3)4-5-9(19)12(22)23/h8-9H,4-7H2,1-3H3,(H,18,21)(H,22,23)/t8-,9-/m0/s1. The molecule has 1 fully saturated rings. The number of carbonyl (C=O) groups excluding carboxylic acids is 2. The molecule has 1 aliphatic heterocycles. The average Bonchev–Trinajstić information content (AvgIpc) is 2.43. The minimum atomic E-state index is -4.59. The summed E-state index contributed by atoms with van der Waals surface area (Å²) >= 11 is 0. The Labute approximate surface area is 132 Å². The maximum Gasteiger partial charge on any atom is 0.394 e. The van der Waals surface area contributed by atoms with Crippen LogP contribution >= 0.6 is 0 Å². The van der Waals surface area contributed by atoms with E-state index in [-0.39, 0.29) is 25.3 Å². The topological polar surface area (TPSA) is 86.7 Å². The number of likely N-dealkylation sites (tertiary alicyclic amines) is 1. The highest BCUT2D eigenvalue weighted by Crippen LogP contribution is 2.41. The Hall–Kier alpha value is -1.80. The summed E-state index contributed by atoms with van der Waals surface area (Å²) in [4.78, 5) is 36.1. The molecular weight excluding hydrogens is 317 g/mol. The minimum absolute atomic E-state index is 0.0333. The van der Waals surface area contributed by atoms with Crippen molar-refractivity contribution < 1.29 is 32.7 Å². The van der Waals surface area contributed by atoms with Crippen molar-refractivity contribution in [1.29, 1.82) is 0 Å². The summed E-state index contributed by atoms with van der Waals surface area (Å²) in [6.07, 6.45) is -5.15. The second-order valence-corrected chi connectivity index (χ2v) is 6.35. The monoisotopic (exact) mass is 338 g/mol. The molecule has 0 aliphatic carbocycles. The van der Waals surface area contributed by atoms with Gasteiger partial charge >= 0.3 is 12.1 Å². The second kappa shape index (κ2) is 6.76. The number of carboxylic acids is 1. The first-order valence-corrected chi connectivity index (χ1v) is 7.21. The van der Waals surface area contributed by atoms with Gasteiger partial charge in [-0.3, -0.25) is 9.59 Å². The Morgan fingerprint density at radius 1 is 1.22 bits per heavy atom. The van der Waals surface area contributed by atoms with Gasteiger partial charge in [-0.05, 0) is 12.8 Å². The number of alkyl halides is 3. The zero-order valence-electron chi connectivity index (χ0n) is 13.2. The molecule has 6 nitrogen and oxygen atoms in total. The molecule has 2 atom stereocenters. The molecule has 2 amide bonds. The maximum absolute atomic E-state index is 12.9. The fraction of sp³-hybridized carbons (Fsp3) is 0.786. The number of nitrogens with one attached hydrogen (secondary N) is 1. The Morgan fingerprint density at radius 3 is 2.22 bits per heavy atom. The van der Waals surface area contributed by atoms with E-state index < -0.39 is 41.8 Å². The van der Waals surface area contributed by atoms with Crippen LogP contribution in [-0.2, 0) is 14.4 Å². The third-order valence-corrected chi connectivity index (χ3v) is 4.17. The Bertz CT molecular complexity index is 491. The predicted molar refractivity (Wildman–Crippen MR) is 74.4 cm³/mol. The molecule has 1 saturated heterocycles. The largest absolute Gasteiger partial charge is 0.480 e. The highest BCUT2D eigenvalue weighted by molar-refractivity contribution is 5.86. The van der Waals surface area contributed by atoms with Crippen molar-refractivity contribution in [3.8, 4) is 0 Å². The molecule has 0 bridgehead atoms. The molecule has 0 spiro atoms. The van der Waals surface area contributed by atoms with Crippen LogP contribution < -0.4 is 5.32 Å². The molecule has 132 valence electrons. The van der Waals surface area contributed by atoms with Gasteiger partial charge < -0.3 is 15.3 Å². The summed E-state index contributed by atoms with van der Waals surface area (Å²) in [6, 6.07) is -1.20. The van der Waals surface area contributed by atoms with Crippen molar-refractivity contribution in [3.05, 3.63) is 0 Å². The summed E-state index contributed by atoms with van der Waals surface area (Å²) in [5.74, 6) is -3.16. The van der Waals surface area contributed by atoms with Gasteiger partial charge in [0.2, 0.25) is 11.8 Å². The van der Waals surface area contributed by atoms with Gasteiger partial charge in [-0.1, -0.05) is 13.8 Å². The summed E-state index contributed by atoms with van der Waals surface area (Å²) in [7, 11) is 1.41. The van der Waals surface area contributed by atoms with Crippen molar-refractivity contribution in [2.75, 3.05) is 13.6 Å². The fourth-order valence-corrected chi connectivity index (χ4v) is 2.50. The van der Waals surface area contributed by atoms with E-state index in [4.69, 9.17) is 0 Å². The predicted octanol–water partition coefficient (Wildman–Crippen LogP) is 1.40. The lowest BCUT2D eigenvalue weighted by atomic mass is 9.86. The highest BCUT2D eigenvalue weighted by Gasteiger charge is 2.50. The zero-order chi connectivity index (χ0) is 18.0. The van der Waals surface area contributed by atoms with E-state index in [1.807, 2.05) is 0 Å². The van der Waals surface area contributed by atoms with Crippen molar-refractivity contribution in [2.45, 2.75) is 45.3 Å². The van der Waals surface area contributed by atoms with Crippen LogP contribution in [0.2, 0.25) is 0 Å². The third kappa shape index (κ3) is 4.35. The number of hydrogen-bond acceptors (Lipinski definition) is 3. The van der Waals surface area contributed by atoms with E-state index in [0.29, 0.717) is 0 Å². The summed E-state index contributed by atoms with van der Waals surface area (Å²) < 4.78 is 38.8. The number of halogens is 3. The van der Waals surface area contributed by atoms with Gasteiger partial charge in [0, 0.05) is 20.0 Å². The van der Waals surface area contributed by atoms with Crippen LogP contribution in [-0.4, -0.2) is 53.6 Å². The molecule has 0 aromatic rings. The molecule has 9 heteroatoms. The zero-order valence-corrected chi connectivity index (χ0v) is 13.2. The molecule has 2 N–H and O–H groups in total. The first-order valence-electron chi connectivity index (χ1n) is 7.21. The molecule has 0 aromatic carbocycles. The minimum Gasteiger partial charge on any atom is -0.480 e. The van der Waals surface area contributed by atoms with E-state index in [2.05, 4.69) is 5.32 Å². The number of piperidine rings is 1. The third-order valence-electron chi connectivity index (χ3n) is 4.17. The summed E-state index contributed by atoms with van der Waals surface area (Å²) in [5, 5.41) is 11.6. The number of hydrogen-bond donors (Lipinski definition) is 2. The van der Waals surface area contributed by atoms with Crippen molar-refractivity contribution in [3.63, 3.8) is 0 Å². The van der Waals surface area contributed by atoms with Gasteiger partial charge in [0.1, 0.15) is 6.04 Å². The average molecular weight is 338 g/mol. The van der Waals surface area contributed by atoms with E-state index in [0.717, 1.165) is 18.7 Å². The highest BCUT2D eigenvalue weighted by atomic mass is 19.4. The molecule has 1 heterocycles. The van der Waals surface area contributed by atoms with Gasteiger partial charge in [-0.15, -0.1) is 0 Å². The SMILES string of the molecule is CNC(=O)[C@H]1CC[C@@H](C(=O)O)N(C(=O)CC(C)(C)C(F)(F)F)C1. The van der Waals surface area contributed by atoms with Crippen LogP contribution in [0.15, 0.2) is 0 Å². The van der Waals surface area contributed by atoms with E-state index in [1.165, 1.54) is 7.05 Å². The normalized spacial score (nSPS) is 22.6. The van der Waals surface area contributed by atoms with Crippen LogP contribution in [0.25, 0.3) is 0 Å². The summed E-state index contributed by atoms with van der Waals surface area (Å²) in [5.41, 5.74) is -2.27. The van der Waals surface area contributed by atoms with Crippen molar-refractivity contribution >= 4 is 17.8 Å². The second-order valence-electron chi connectivity index (χ2n) is 6.35. The van der Waals surface area contributed by atoms with Gasteiger partial charge in [0.25, 0.3) is 0 Å². The first-order chi connectivity index (χ1) is 10.4. The van der Waals surface area contributed by atoms with Gasteiger partial charge in [-0.25, -0.2) is 4.79 Å². The fourth-order valence-electron chi connectivity index (χ4n) is 2.50. The number of carboxylic acid groups (broad SMARTS) is 1. The summed E-state index contributed by atoms with van der Waals surface area (Å²) in [6.45, 7) is 1.59. The van der Waals surface area contributed by atoms with Crippen molar-refractivity contribution in [1.82, 2.24) is 10.2 Å². The molecular formula is C14H21F3N2O4. The lowest BCUT2D eigenvalue weighted by Gasteiger charge is -2.38. The maximum atomic E-state index is 12.9. The van der Waals surface area contributed by atoms with E-state index in [1.54, 1.807) is 0 Å². The van der Waals surface area contributed by atoms with Crippen molar-refractivity contribution in [2.24, 2.45) is 11.3 Å². The molecule has 23 heavy (non-hydrogen) atoms. The molecule has 0 unspecified atom stereocenters. The van der Waals surface area contributed by atoms with Gasteiger partial charge in [0.15, 0.2) is 0 Å². The van der Waals surface area contributed by atoms with Crippen LogP contribution in [0.4, 0.5) is 13.2 Å². The molecule has 1 aliphatic rings. The smallest absolute Gasteiger partial charge is 0.394 e. The lowest BCUT2D eigenvalue weighted by molar-refractivity contribution is -0.216. The Balaban J connectivity index is 2.95. The first kappa shape index (κ1) is 19.2. The Morgan fingerprint density at radius 2 is 1.78 bits per heavy atom. The number of nitrogens with zero attached hydrogens (tertiary/aromatic N) is 1.